The van der Waals surface area contributed by atoms with Gasteiger partial charge >= 0.3 is 11.8 Å². The van der Waals surface area contributed by atoms with E-state index in [4.69, 9.17) is 9.26 Å². The molecule has 0 bridgehead atoms. The van der Waals surface area contributed by atoms with E-state index >= 15 is 0 Å². The van der Waals surface area contributed by atoms with Crippen LogP contribution >= 0.6 is 0 Å². The average Bonchev–Trinajstić information content (AvgIpc) is 3.00. The smallest absolute Gasteiger partial charge is 0.315 e. The fraction of sp³-hybridized carbons (Fsp3) is 0.353. The Morgan fingerprint density at radius 2 is 1.96 bits per heavy atom. The van der Waals surface area contributed by atoms with Crippen molar-refractivity contribution < 1.29 is 18.8 Å². The lowest BCUT2D eigenvalue weighted by molar-refractivity contribution is -0.144. The predicted molar refractivity (Wildman–Crippen MR) is 86.5 cm³/mol. The van der Waals surface area contributed by atoms with Crippen molar-refractivity contribution in [2.75, 3.05) is 18.4 Å². The number of carbonyl (C=O) groups excluding carboxylic acids is 2. The predicted octanol–water partition coefficient (Wildman–Crippen LogP) is 1.99. The van der Waals surface area contributed by atoms with Gasteiger partial charge in [-0.05, 0) is 19.1 Å². The molecule has 126 valence electrons. The molecule has 7 heteroatoms. The maximum Gasteiger partial charge on any atom is 0.315 e. The normalized spacial score (nSPS) is 15.1. The van der Waals surface area contributed by atoms with E-state index in [0.29, 0.717) is 31.7 Å². The SMILES string of the molecule is Cc1cc(NC(=O)C(=O)N2CCC(Oc3ccccc3)CC2)no1. The molecule has 0 saturated carbocycles. The van der Waals surface area contributed by atoms with Crippen molar-refractivity contribution in [1.82, 2.24) is 10.1 Å². The summed E-state index contributed by atoms with van der Waals surface area (Å²) in [7, 11) is 0. The molecule has 1 aliphatic heterocycles. The highest BCUT2D eigenvalue weighted by Crippen LogP contribution is 2.19. The molecule has 1 N–H and O–H groups in total. The number of ether oxygens (including phenoxy) is 1. The Labute approximate surface area is 139 Å². The van der Waals surface area contributed by atoms with Crippen LogP contribution in [0.2, 0.25) is 0 Å². The largest absolute Gasteiger partial charge is 0.490 e. The van der Waals surface area contributed by atoms with Crippen LogP contribution in [0.4, 0.5) is 5.82 Å². The molecule has 0 radical (unpaired) electrons. The van der Waals surface area contributed by atoms with Crippen LogP contribution in [0.15, 0.2) is 40.9 Å². The molecule has 0 unspecified atom stereocenters. The molecular formula is C17H19N3O4. The number of rotatable bonds is 3. The molecule has 0 aliphatic carbocycles. The van der Waals surface area contributed by atoms with E-state index in [-0.39, 0.29) is 11.9 Å². The number of anilines is 1. The van der Waals surface area contributed by atoms with Gasteiger partial charge in [-0.3, -0.25) is 14.9 Å². The van der Waals surface area contributed by atoms with Crippen LogP contribution in [0.5, 0.6) is 5.75 Å². The maximum atomic E-state index is 12.2. The molecule has 2 amide bonds. The van der Waals surface area contributed by atoms with Crippen LogP contribution < -0.4 is 10.1 Å². The van der Waals surface area contributed by atoms with Gasteiger partial charge in [0.25, 0.3) is 0 Å². The van der Waals surface area contributed by atoms with E-state index in [1.165, 1.54) is 4.90 Å². The molecule has 1 aromatic carbocycles. The third-order valence-corrected chi connectivity index (χ3v) is 3.84. The summed E-state index contributed by atoms with van der Waals surface area (Å²) in [6, 6.07) is 11.2. The highest BCUT2D eigenvalue weighted by atomic mass is 16.5. The molecule has 24 heavy (non-hydrogen) atoms. The van der Waals surface area contributed by atoms with Crippen molar-refractivity contribution in [2.45, 2.75) is 25.9 Å². The molecule has 1 saturated heterocycles. The zero-order valence-electron chi connectivity index (χ0n) is 13.4. The van der Waals surface area contributed by atoms with Gasteiger partial charge in [0.15, 0.2) is 5.82 Å². The fourth-order valence-electron chi connectivity index (χ4n) is 2.61. The molecule has 0 spiro atoms. The van der Waals surface area contributed by atoms with Gasteiger partial charge in [-0.25, -0.2) is 0 Å². The Balaban J connectivity index is 1.48. The number of nitrogens with one attached hydrogen (secondary N) is 1. The molecule has 7 nitrogen and oxygen atoms in total. The highest BCUT2D eigenvalue weighted by molar-refractivity contribution is 6.39. The molecule has 1 fully saturated rings. The third kappa shape index (κ3) is 3.92. The van der Waals surface area contributed by atoms with Gasteiger partial charge in [0.2, 0.25) is 0 Å². The number of likely N-dealkylation sites (tertiary alicyclic amines) is 1. The van der Waals surface area contributed by atoms with Gasteiger partial charge in [-0.1, -0.05) is 23.4 Å². The number of amides is 2. The Kier molecular flexibility index (Phi) is 4.79. The zero-order valence-corrected chi connectivity index (χ0v) is 13.4. The van der Waals surface area contributed by atoms with E-state index in [1.807, 2.05) is 30.3 Å². The zero-order chi connectivity index (χ0) is 16.9. The number of hydrogen-bond acceptors (Lipinski definition) is 5. The minimum atomic E-state index is -0.703. The second-order valence-corrected chi connectivity index (χ2v) is 5.70. The van der Waals surface area contributed by atoms with Crippen molar-refractivity contribution in [3.8, 4) is 5.75 Å². The van der Waals surface area contributed by atoms with Crippen LogP contribution in [-0.4, -0.2) is 41.1 Å². The van der Waals surface area contributed by atoms with Gasteiger partial charge in [0.1, 0.15) is 17.6 Å². The number of piperidine rings is 1. The van der Waals surface area contributed by atoms with Crippen LogP contribution in [0.3, 0.4) is 0 Å². The molecule has 1 aromatic heterocycles. The Bertz CT molecular complexity index is 706. The van der Waals surface area contributed by atoms with Gasteiger partial charge in [0, 0.05) is 32.0 Å². The second-order valence-electron chi connectivity index (χ2n) is 5.70. The molecule has 2 heterocycles. The minimum absolute atomic E-state index is 0.0534. The second kappa shape index (κ2) is 7.16. The average molecular weight is 329 g/mol. The first-order chi connectivity index (χ1) is 11.6. The summed E-state index contributed by atoms with van der Waals surface area (Å²) < 4.78 is 10.7. The van der Waals surface area contributed by atoms with Crippen LogP contribution in [0.1, 0.15) is 18.6 Å². The van der Waals surface area contributed by atoms with E-state index in [1.54, 1.807) is 13.0 Å². The standard InChI is InChI=1S/C17H19N3O4/c1-12-11-15(19-24-12)18-16(21)17(22)20-9-7-14(8-10-20)23-13-5-3-2-4-6-13/h2-6,11,14H,7-10H2,1H3,(H,18,19,21). The van der Waals surface area contributed by atoms with Crippen molar-refractivity contribution in [1.29, 1.82) is 0 Å². The number of hydrogen-bond donors (Lipinski definition) is 1. The first-order valence-electron chi connectivity index (χ1n) is 7.87. The van der Waals surface area contributed by atoms with Crippen LogP contribution in [0.25, 0.3) is 0 Å². The first-order valence-corrected chi connectivity index (χ1v) is 7.87. The highest BCUT2D eigenvalue weighted by Gasteiger charge is 2.28. The van der Waals surface area contributed by atoms with Crippen molar-refractivity contribution in [3.05, 3.63) is 42.2 Å². The summed E-state index contributed by atoms with van der Waals surface area (Å²) in [4.78, 5) is 25.7. The van der Waals surface area contributed by atoms with E-state index in [0.717, 1.165) is 5.75 Å². The quantitative estimate of drug-likeness (QED) is 0.871. The number of carbonyl (C=O) groups is 2. The summed E-state index contributed by atoms with van der Waals surface area (Å²) in [5.41, 5.74) is 0. The topological polar surface area (TPSA) is 84.7 Å². The van der Waals surface area contributed by atoms with Gasteiger partial charge in [-0.15, -0.1) is 0 Å². The molecule has 0 atom stereocenters. The first kappa shape index (κ1) is 16.0. The lowest BCUT2D eigenvalue weighted by Gasteiger charge is -2.31. The molecule has 1 aliphatic rings. The molecular weight excluding hydrogens is 310 g/mol. The van der Waals surface area contributed by atoms with Gasteiger partial charge < -0.3 is 14.2 Å². The van der Waals surface area contributed by atoms with Crippen molar-refractivity contribution in [2.24, 2.45) is 0 Å². The van der Waals surface area contributed by atoms with Crippen LogP contribution in [-0.2, 0) is 9.59 Å². The van der Waals surface area contributed by atoms with E-state index in [2.05, 4.69) is 10.5 Å². The maximum absolute atomic E-state index is 12.2. The molecule has 2 aromatic rings. The van der Waals surface area contributed by atoms with Gasteiger partial charge in [-0.2, -0.15) is 0 Å². The Morgan fingerprint density at radius 3 is 2.58 bits per heavy atom. The lowest BCUT2D eigenvalue weighted by atomic mass is 10.1. The van der Waals surface area contributed by atoms with E-state index in [9.17, 15) is 9.59 Å². The van der Waals surface area contributed by atoms with Crippen molar-refractivity contribution >= 4 is 17.6 Å². The lowest BCUT2D eigenvalue weighted by Crippen LogP contribution is -2.46. The third-order valence-electron chi connectivity index (χ3n) is 3.84. The Morgan fingerprint density at radius 1 is 1.25 bits per heavy atom. The summed E-state index contributed by atoms with van der Waals surface area (Å²) >= 11 is 0. The summed E-state index contributed by atoms with van der Waals surface area (Å²) in [5.74, 6) is 0.366. The van der Waals surface area contributed by atoms with Crippen LogP contribution in [0, 0.1) is 6.92 Å². The Hall–Kier alpha value is -2.83. The number of aryl methyl sites for hydroxylation is 1. The molecule has 3 rings (SSSR count). The summed E-state index contributed by atoms with van der Waals surface area (Å²) in [6.07, 6.45) is 1.44. The number of nitrogens with zero attached hydrogens (tertiary/aromatic N) is 2. The van der Waals surface area contributed by atoms with Gasteiger partial charge in [0.05, 0.1) is 0 Å². The monoisotopic (exact) mass is 329 g/mol. The number of para-hydroxylation sites is 1. The number of aromatic nitrogens is 1. The van der Waals surface area contributed by atoms with E-state index < -0.39 is 11.8 Å². The fourth-order valence-corrected chi connectivity index (χ4v) is 2.61. The number of benzene rings is 1. The van der Waals surface area contributed by atoms with Crippen molar-refractivity contribution in [3.63, 3.8) is 0 Å². The summed E-state index contributed by atoms with van der Waals surface area (Å²) in [6.45, 7) is 2.69. The summed E-state index contributed by atoms with van der Waals surface area (Å²) in [5, 5.41) is 6.09. The minimum Gasteiger partial charge on any atom is -0.490 e.